The van der Waals surface area contributed by atoms with Crippen molar-refractivity contribution in [1.29, 1.82) is 0 Å². The smallest absolute Gasteiger partial charge is 0.333 e. The lowest BCUT2D eigenvalue weighted by atomic mass is 9.89. The summed E-state index contributed by atoms with van der Waals surface area (Å²) in [5.74, 6) is 0.194. The largest absolute Gasteiger partial charge is 0.492 e. The zero-order chi connectivity index (χ0) is 44.4. The Morgan fingerprint density at radius 3 is 2.32 bits per heavy atom. The van der Waals surface area contributed by atoms with Crippen LogP contribution in [0.3, 0.4) is 0 Å². The fraction of sp³-hybridized carbons (Fsp3) is 0.320. The van der Waals surface area contributed by atoms with Gasteiger partial charge >= 0.3 is 6.55 Å². The summed E-state index contributed by atoms with van der Waals surface area (Å²) >= 11 is 0. The van der Waals surface area contributed by atoms with E-state index in [1.54, 1.807) is 30.3 Å². The summed E-state index contributed by atoms with van der Waals surface area (Å²) in [6.07, 6.45) is 3.95. The summed E-state index contributed by atoms with van der Waals surface area (Å²) in [4.78, 5) is 50.9. The van der Waals surface area contributed by atoms with Gasteiger partial charge in [0.2, 0.25) is 5.91 Å². The van der Waals surface area contributed by atoms with Crippen LogP contribution in [-0.2, 0) is 44.2 Å². The number of hydrogen-bond acceptors (Lipinski definition) is 6. The molecule has 0 fully saturated rings. The molecule has 0 bridgehead atoms. The number of hydrogen-bond donors (Lipinski definition) is 0. The van der Waals surface area contributed by atoms with E-state index < -0.39 is 12.5 Å². The molecule has 1 atom stereocenters. The van der Waals surface area contributed by atoms with Crippen LogP contribution in [0.2, 0.25) is 0 Å². The van der Waals surface area contributed by atoms with Crippen molar-refractivity contribution in [3.05, 3.63) is 154 Å². The number of amides is 3. The Morgan fingerprint density at radius 1 is 0.873 bits per heavy atom. The van der Waals surface area contributed by atoms with E-state index in [4.69, 9.17) is 4.74 Å². The third-order valence-electron chi connectivity index (χ3n) is 12.6. The van der Waals surface area contributed by atoms with E-state index >= 15 is 4.79 Å². The van der Waals surface area contributed by atoms with Crippen LogP contribution in [0.15, 0.2) is 109 Å². The van der Waals surface area contributed by atoms with Crippen LogP contribution in [0.5, 0.6) is 5.75 Å². The van der Waals surface area contributed by atoms with Crippen LogP contribution in [0, 0.1) is 6.92 Å². The number of alkyl halides is 2. The van der Waals surface area contributed by atoms with Gasteiger partial charge in [0, 0.05) is 67.5 Å². The summed E-state index contributed by atoms with van der Waals surface area (Å²) in [7, 11) is 3.91. The first-order valence-electron chi connectivity index (χ1n) is 21.5. The van der Waals surface area contributed by atoms with Crippen LogP contribution >= 0.6 is 0 Å². The van der Waals surface area contributed by atoms with Crippen LogP contribution < -0.4 is 9.64 Å². The second-order valence-corrected chi connectivity index (χ2v) is 16.6. The highest BCUT2D eigenvalue weighted by Crippen LogP contribution is 2.37. The van der Waals surface area contributed by atoms with E-state index in [1.165, 1.54) is 16.7 Å². The second-order valence-electron chi connectivity index (χ2n) is 16.6. The number of aromatic nitrogens is 3. The van der Waals surface area contributed by atoms with E-state index in [9.17, 15) is 18.4 Å². The number of ether oxygens (including phenoxy) is 1. The molecule has 0 unspecified atom stereocenters. The van der Waals surface area contributed by atoms with Gasteiger partial charge in [0.25, 0.3) is 11.8 Å². The molecular formula is C50H53F2N7O4. The fourth-order valence-electron chi connectivity index (χ4n) is 8.59. The van der Waals surface area contributed by atoms with Gasteiger partial charge in [0.1, 0.15) is 12.4 Å². The molecule has 326 valence electrons. The standard InChI is InChI=1S/C50H53F2N7O4/c1-6-54(4)22-23-63-42-18-16-35(17-19-42)25-47(60)56-21-20-37-26-44(45(27-39(37)30-56)48(61)57-31-38-13-11-10-12-36(38)24-33(57)2)46-28-43(34(3)55(46)5)49(62)59(40-14-8-7-9-15-40)41-29-53-58(32-41)50(51)52/h7-19,26-29,32-33,50H,6,20-25,30-31H2,1-5H3/t33-/m1/s1. The summed E-state index contributed by atoms with van der Waals surface area (Å²) < 4.78 is 35.7. The summed E-state index contributed by atoms with van der Waals surface area (Å²) in [5, 5.41) is 3.82. The molecular weight excluding hydrogens is 801 g/mol. The maximum Gasteiger partial charge on any atom is 0.333 e. The third-order valence-corrected chi connectivity index (χ3v) is 12.6. The van der Waals surface area contributed by atoms with Gasteiger partial charge in [-0.2, -0.15) is 13.9 Å². The van der Waals surface area contributed by atoms with Crippen molar-refractivity contribution < 1.29 is 27.9 Å². The zero-order valence-electron chi connectivity index (χ0n) is 36.4. The van der Waals surface area contributed by atoms with Crippen molar-refractivity contribution in [3.63, 3.8) is 0 Å². The molecule has 0 N–H and O–H groups in total. The summed E-state index contributed by atoms with van der Waals surface area (Å²) in [6.45, 7) is 6.81. The molecule has 0 spiro atoms. The number of nitrogens with zero attached hydrogens (tertiary/aromatic N) is 7. The van der Waals surface area contributed by atoms with Crippen LogP contribution in [-0.4, -0.2) is 86.1 Å². The Balaban J connectivity index is 1.12. The fourth-order valence-corrected chi connectivity index (χ4v) is 8.59. The number of carbonyl (C=O) groups excluding carboxylic acids is 3. The number of likely N-dealkylation sites (N-methyl/N-ethyl adjacent to an activating group) is 1. The van der Waals surface area contributed by atoms with Crippen molar-refractivity contribution in [1.82, 2.24) is 29.0 Å². The predicted molar refractivity (Wildman–Crippen MR) is 239 cm³/mol. The first-order valence-corrected chi connectivity index (χ1v) is 21.5. The molecule has 11 nitrogen and oxygen atoms in total. The highest BCUT2D eigenvalue weighted by Gasteiger charge is 2.33. The molecule has 2 aliphatic rings. The molecule has 0 saturated heterocycles. The first kappa shape index (κ1) is 43.1. The molecule has 0 aliphatic carbocycles. The number of para-hydroxylation sites is 1. The lowest BCUT2D eigenvalue weighted by Crippen LogP contribution is -2.43. The lowest BCUT2D eigenvalue weighted by molar-refractivity contribution is -0.131. The van der Waals surface area contributed by atoms with Gasteiger partial charge in [-0.3, -0.25) is 19.3 Å². The Morgan fingerprint density at radius 2 is 1.60 bits per heavy atom. The normalized spacial score (nSPS) is 14.8. The highest BCUT2D eigenvalue weighted by molar-refractivity contribution is 6.12. The zero-order valence-corrected chi connectivity index (χ0v) is 36.4. The quantitative estimate of drug-likeness (QED) is 0.116. The van der Waals surface area contributed by atoms with Gasteiger partial charge in [-0.1, -0.05) is 61.5 Å². The minimum Gasteiger partial charge on any atom is -0.492 e. The van der Waals surface area contributed by atoms with E-state index in [-0.39, 0.29) is 30.0 Å². The summed E-state index contributed by atoms with van der Waals surface area (Å²) in [5.41, 5.74) is 8.61. The molecule has 4 aromatic carbocycles. The van der Waals surface area contributed by atoms with Crippen molar-refractivity contribution in [2.75, 3.05) is 38.2 Å². The SMILES string of the molecule is CCN(C)CCOc1ccc(CC(=O)N2CCc3cc(-c4cc(C(=O)N(c5ccccc5)c5cnn(C(F)F)c5)c(C)n4C)c(C(=O)N4Cc5ccccc5C[C@H]4C)cc3C2)cc1. The molecule has 63 heavy (non-hydrogen) atoms. The minimum atomic E-state index is -2.88. The van der Waals surface area contributed by atoms with Gasteiger partial charge in [-0.25, -0.2) is 4.68 Å². The maximum absolute atomic E-state index is 15.0. The molecule has 0 radical (unpaired) electrons. The Labute approximate surface area is 367 Å². The van der Waals surface area contributed by atoms with Gasteiger partial charge < -0.3 is 24.0 Å². The third kappa shape index (κ3) is 9.01. The van der Waals surface area contributed by atoms with Crippen molar-refractivity contribution >= 4 is 29.1 Å². The highest BCUT2D eigenvalue weighted by atomic mass is 19.3. The van der Waals surface area contributed by atoms with Gasteiger partial charge in [-0.05, 0) is 111 Å². The molecule has 4 heterocycles. The number of halogens is 2. The Hall–Kier alpha value is -6.60. The number of fused-ring (bicyclic) bond motifs is 2. The van der Waals surface area contributed by atoms with Crippen molar-refractivity contribution in [2.24, 2.45) is 7.05 Å². The van der Waals surface area contributed by atoms with Crippen molar-refractivity contribution in [3.8, 4) is 17.0 Å². The Bertz CT molecular complexity index is 2620. The topological polar surface area (TPSA) is 96.1 Å². The Kier molecular flexibility index (Phi) is 12.6. The average Bonchev–Trinajstić information content (AvgIpc) is 3.90. The van der Waals surface area contributed by atoms with E-state index in [2.05, 4.69) is 49.1 Å². The van der Waals surface area contributed by atoms with E-state index in [0.717, 1.165) is 47.3 Å². The van der Waals surface area contributed by atoms with Crippen LogP contribution in [0.1, 0.15) is 74.6 Å². The number of carbonyl (C=O) groups is 3. The number of rotatable bonds is 13. The molecule has 8 rings (SSSR count). The average molecular weight is 854 g/mol. The second kappa shape index (κ2) is 18.4. The minimum absolute atomic E-state index is 0.000351. The molecule has 6 aromatic rings. The lowest BCUT2D eigenvalue weighted by Gasteiger charge is -2.36. The monoisotopic (exact) mass is 853 g/mol. The summed E-state index contributed by atoms with van der Waals surface area (Å²) in [6, 6.07) is 30.4. The van der Waals surface area contributed by atoms with Crippen molar-refractivity contribution in [2.45, 2.75) is 65.7 Å². The molecule has 0 saturated carbocycles. The van der Waals surface area contributed by atoms with E-state index in [1.807, 2.05) is 76.9 Å². The number of anilines is 2. The van der Waals surface area contributed by atoms with Crippen LogP contribution in [0.25, 0.3) is 11.3 Å². The molecule has 3 amide bonds. The van der Waals surface area contributed by atoms with Gasteiger partial charge in [-0.15, -0.1) is 0 Å². The maximum atomic E-state index is 15.0. The first-order chi connectivity index (χ1) is 30.4. The number of benzene rings is 4. The molecule has 2 aromatic heterocycles. The van der Waals surface area contributed by atoms with E-state index in [0.29, 0.717) is 77.5 Å². The van der Waals surface area contributed by atoms with Crippen LogP contribution in [0.4, 0.5) is 20.2 Å². The molecule has 13 heteroatoms. The van der Waals surface area contributed by atoms with Gasteiger partial charge in [0.05, 0.1) is 30.1 Å². The van der Waals surface area contributed by atoms with Gasteiger partial charge in [0.15, 0.2) is 0 Å². The molecule has 2 aliphatic heterocycles. The predicted octanol–water partition coefficient (Wildman–Crippen LogP) is 8.62.